The highest BCUT2D eigenvalue weighted by molar-refractivity contribution is 7.97. The van der Waals surface area contributed by atoms with Gasteiger partial charge in [0.05, 0.1) is 0 Å². The van der Waals surface area contributed by atoms with Gasteiger partial charge in [-0.1, -0.05) is 6.07 Å². The van der Waals surface area contributed by atoms with E-state index in [1.165, 1.54) is 0 Å². The molecule has 3 N–H and O–H groups in total. The Morgan fingerprint density at radius 2 is 2.07 bits per heavy atom. The molecule has 1 aliphatic heterocycles. The zero-order chi connectivity index (χ0) is 10.7. The molecule has 15 heavy (non-hydrogen) atoms. The first-order valence-corrected chi connectivity index (χ1v) is 5.99. The summed E-state index contributed by atoms with van der Waals surface area (Å²) in [7, 11) is 0. The zero-order valence-electron chi connectivity index (χ0n) is 8.60. The van der Waals surface area contributed by atoms with Crippen molar-refractivity contribution in [3.63, 3.8) is 0 Å². The fourth-order valence-corrected chi connectivity index (χ4v) is 2.66. The van der Waals surface area contributed by atoms with Gasteiger partial charge in [0.25, 0.3) is 0 Å². The summed E-state index contributed by atoms with van der Waals surface area (Å²) in [4.78, 5) is 1.09. The molecule has 3 nitrogen and oxygen atoms in total. The third-order valence-electron chi connectivity index (χ3n) is 2.55. The van der Waals surface area contributed by atoms with Crippen LogP contribution in [0, 0.1) is 0 Å². The number of hydrogen-bond donors (Lipinski definition) is 2. The van der Waals surface area contributed by atoms with Gasteiger partial charge < -0.3 is 10.8 Å². The molecule has 1 aliphatic rings. The predicted molar refractivity (Wildman–Crippen MR) is 62.7 cm³/mol. The number of hydrogen-bond acceptors (Lipinski definition) is 4. The average molecular weight is 224 g/mol. The molecule has 0 aromatic heterocycles. The van der Waals surface area contributed by atoms with Crippen LogP contribution in [0.5, 0.6) is 5.75 Å². The topological polar surface area (TPSA) is 49.5 Å². The molecule has 1 fully saturated rings. The van der Waals surface area contributed by atoms with Gasteiger partial charge in [-0.3, -0.25) is 0 Å². The maximum absolute atomic E-state index is 9.33. The fraction of sp³-hybridized carbons (Fsp3) is 0.455. The lowest BCUT2D eigenvalue weighted by molar-refractivity contribution is 0.346. The highest BCUT2D eigenvalue weighted by Crippen LogP contribution is 2.27. The van der Waals surface area contributed by atoms with Gasteiger partial charge in [-0.2, -0.15) is 0 Å². The molecule has 0 bridgehead atoms. The van der Waals surface area contributed by atoms with Gasteiger partial charge in [0.15, 0.2) is 0 Å². The highest BCUT2D eigenvalue weighted by Gasteiger charge is 2.16. The first kappa shape index (κ1) is 10.8. The Bertz CT molecular complexity index is 324. The number of piperidine rings is 1. The van der Waals surface area contributed by atoms with Crippen LogP contribution < -0.4 is 5.73 Å². The minimum atomic E-state index is 0.328. The third-order valence-corrected chi connectivity index (χ3v) is 3.64. The Hall–Kier alpha value is -0.710. The van der Waals surface area contributed by atoms with E-state index in [9.17, 15) is 5.11 Å². The molecule has 0 radical (unpaired) electrons. The number of aromatic hydroxyl groups is 1. The van der Waals surface area contributed by atoms with E-state index in [1.54, 1.807) is 24.1 Å². The lowest BCUT2D eigenvalue weighted by atomic mass is 10.1. The van der Waals surface area contributed by atoms with Crippen molar-refractivity contribution in [3.8, 4) is 5.75 Å². The van der Waals surface area contributed by atoms with Gasteiger partial charge in [-0.05, 0) is 43.0 Å². The van der Waals surface area contributed by atoms with Crippen molar-refractivity contribution < 1.29 is 5.11 Å². The van der Waals surface area contributed by atoms with E-state index >= 15 is 0 Å². The quantitative estimate of drug-likeness (QED) is 0.752. The second-order valence-corrected chi connectivity index (χ2v) is 5.03. The Morgan fingerprint density at radius 3 is 2.73 bits per heavy atom. The van der Waals surface area contributed by atoms with E-state index in [1.807, 2.05) is 12.1 Å². The average Bonchev–Trinajstić information content (AvgIpc) is 2.22. The first-order valence-electron chi connectivity index (χ1n) is 5.21. The molecule has 2 rings (SSSR count). The molecule has 0 spiro atoms. The van der Waals surface area contributed by atoms with Crippen molar-refractivity contribution in [1.82, 2.24) is 4.31 Å². The number of phenolic OH excluding ortho intramolecular Hbond substituents is 1. The molecule has 0 unspecified atom stereocenters. The van der Waals surface area contributed by atoms with E-state index in [0.717, 1.165) is 30.8 Å². The van der Waals surface area contributed by atoms with Crippen LogP contribution in [-0.4, -0.2) is 28.5 Å². The zero-order valence-corrected chi connectivity index (χ0v) is 9.41. The Balaban J connectivity index is 1.92. The maximum atomic E-state index is 9.33. The van der Waals surface area contributed by atoms with Crippen LogP contribution in [0.3, 0.4) is 0 Å². The minimum Gasteiger partial charge on any atom is -0.508 e. The second-order valence-electron chi connectivity index (χ2n) is 3.86. The largest absolute Gasteiger partial charge is 0.508 e. The second kappa shape index (κ2) is 4.88. The molecule has 1 saturated heterocycles. The van der Waals surface area contributed by atoms with Crippen LogP contribution in [0.1, 0.15) is 12.8 Å². The standard InChI is InChI=1S/C11H16N2OS/c12-9-4-6-13(7-5-9)15-11-3-1-2-10(14)8-11/h1-3,8-9,14H,4-7,12H2. The monoisotopic (exact) mass is 224 g/mol. The van der Waals surface area contributed by atoms with Gasteiger partial charge in [0.2, 0.25) is 0 Å². The summed E-state index contributed by atoms with van der Waals surface area (Å²) in [5.74, 6) is 0.328. The van der Waals surface area contributed by atoms with Gasteiger partial charge >= 0.3 is 0 Å². The molecule has 0 saturated carbocycles. The van der Waals surface area contributed by atoms with E-state index in [4.69, 9.17) is 5.73 Å². The normalized spacial score (nSPS) is 19.3. The molecule has 82 valence electrons. The van der Waals surface area contributed by atoms with Crippen molar-refractivity contribution in [2.45, 2.75) is 23.8 Å². The summed E-state index contributed by atoms with van der Waals surface area (Å²) in [6, 6.07) is 7.73. The number of nitrogens with zero attached hydrogens (tertiary/aromatic N) is 1. The molecule has 1 heterocycles. The summed E-state index contributed by atoms with van der Waals surface area (Å²) in [6.45, 7) is 2.06. The molecular formula is C11H16N2OS. The van der Waals surface area contributed by atoms with Crippen LogP contribution in [-0.2, 0) is 0 Å². The van der Waals surface area contributed by atoms with Gasteiger partial charge in [0.1, 0.15) is 5.75 Å². The first-order chi connectivity index (χ1) is 7.24. The summed E-state index contributed by atoms with van der Waals surface area (Å²) in [5.41, 5.74) is 5.84. The lowest BCUT2D eigenvalue weighted by Crippen LogP contribution is -2.36. The summed E-state index contributed by atoms with van der Waals surface area (Å²) < 4.78 is 2.30. The van der Waals surface area contributed by atoms with Crippen molar-refractivity contribution in [2.24, 2.45) is 5.73 Å². The molecule has 1 aromatic rings. The Labute approximate surface area is 94.4 Å². The molecule has 1 aromatic carbocycles. The molecule has 4 heteroatoms. The van der Waals surface area contributed by atoms with E-state index in [2.05, 4.69) is 4.31 Å². The highest BCUT2D eigenvalue weighted by atomic mass is 32.2. The maximum Gasteiger partial charge on any atom is 0.116 e. The molecule has 0 atom stereocenters. The van der Waals surface area contributed by atoms with Crippen LogP contribution in [0.4, 0.5) is 0 Å². The SMILES string of the molecule is NC1CCN(Sc2cccc(O)c2)CC1. The van der Waals surface area contributed by atoms with Crippen molar-refractivity contribution in [2.75, 3.05) is 13.1 Å². The predicted octanol–water partition coefficient (Wildman–Crippen LogP) is 1.82. The van der Waals surface area contributed by atoms with E-state index < -0.39 is 0 Å². The number of nitrogens with two attached hydrogens (primary N) is 1. The summed E-state index contributed by atoms with van der Waals surface area (Å²) in [5, 5.41) is 9.33. The summed E-state index contributed by atoms with van der Waals surface area (Å²) in [6.07, 6.45) is 2.12. The number of rotatable bonds is 2. The van der Waals surface area contributed by atoms with Crippen LogP contribution in [0.2, 0.25) is 0 Å². The van der Waals surface area contributed by atoms with Gasteiger partial charge in [0, 0.05) is 24.0 Å². The van der Waals surface area contributed by atoms with Crippen LogP contribution >= 0.6 is 11.9 Å². The Kier molecular flexibility index (Phi) is 3.51. The van der Waals surface area contributed by atoms with Crippen molar-refractivity contribution in [1.29, 1.82) is 0 Å². The van der Waals surface area contributed by atoms with Crippen LogP contribution in [0.25, 0.3) is 0 Å². The molecule has 0 amide bonds. The lowest BCUT2D eigenvalue weighted by Gasteiger charge is -2.28. The molecular weight excluding hydrogens is 208 g/mol. The smallest absolute Gasteiger partial charge is 0.116 e. The van der Waals surface area contributed by atoms with Crippen molar-refractivity contribution >= 4 is 11.9 Å². The van der Waals surface area contributed by atoms with E-state index in [0.29, 0.717) is 11.8 Å². The van der Waals surface area contributed by atoms with Crippen molar-refractivity contribution in [3.05, 3.63) is 24.3 Å². The molecule has 0 aliphatic carbocycles. The minimum absolute atomic E-state index is 0.328. The third kappa shape index (κ3) is 3.12. The van der Waals surface area contributed by atoms with Gasteiger partial charge in [-0.25, -0.2) is 4.31 Å². The number of benzene rings is 1. The van der Waals surface area contributed by atoms with E-state index in [-0.39, 0.29) is 0 Å². The summed E-state index contributed by atoms with van der Waals surface area (Å²) >= 11 is 1.70. The van der Waals surface area contributed by atoms with Gasteiger partial charge in [-0.15, -0.1) is 0 Å². The fourth-order valence-electron chi connectivity index (χ4n) is 1.66. The Morgan fingerprint density at radius 1 is 1.33 bits per heavy atom. The number of phenols is 1. The van der Waals surface area contributed by atoms with Crippen LogP contribution in [0.15, 0.2) is 29.2 Å².